The van der Waals surface area contributed by atoms with Crippen LogP contribution in [0.2, 0.25) is 0 Å². The van der Waals surface area contributed by atoms with Crippen molar-refractivity contribution in [2.45, 2.75) is 31.6 Å². The van der Waals surface area contributed by atoms with Crippen molar-refractivity contribution in [2.75, 3.05) is 11.1 Å². The number of thioether (sulfide) groups is 1. The first-order valence-electron chi connectivity index (χ1n) is 7.03. The number of nitrogens with one attached hydrogen (secondary N) is 1. The largest absolute Gasteiger partial charge is 0.301 e. The molecular weight excluding hydrogens is 321 g/mol. The van der Waals surface area contributed by atoms with E-state index in [-0.39, 0.29) is 11.7 Å². The molecule has 0 saturated heterocycles. The van der Waals surface area contributed by atoms with Crippen LogP contribution in [0.15, 0.2) is 29.2 Å². The molecule has 0 unspecified atom stereocenters. The fourth-order valence-electron chi connectivity index (χ4n) is 1.71. The summed E-state index contributed by atoms with van der Waals surface area (Å²) in [6.07, 6.45) is 1.25. The Morgan fingerprint density at radius 1 is 1.32 bits per heavy atom. The minimum atomic E-state index is -0.254. The molecule has 1 heterocycles. The van der Waals surface area contributed by atoms with Gasteiger partial charge in [0.05, 0.1) is 0 Å². The average Bonchev–Trinajstić information content (AvgIpc) is 2.87. The van der Waals surface area contributed by atoms with Crippen molar-refractivity contribution >= 4 is 34.1 Å². The second kappa shape index (κ2) is 8.24. The Morgan fingerprint density at radius 3 is 2.73 bits per heavy atom. The van der Waals surface area contributed by atoms with Gasteiger partial charge in [0.25, 0.3) is 0 Å². The van der Waals surface area contributed by atoms with Crippen LogP contribution in [-0.4, -0.2) is 21.9 Å². The van der Waals surface area contributed by atoms with E-state index in [1.807, 2.05) is 0 Å². The van der Waals surface area contributed by atoms with E-state index in [4.69, 9.17) is 0 Å². The molecule has 2 aromatic rings. The predicted octanol–water partition coefficient (Wildman–Crippen LogP) is 4.00. The molecule has 0 fully saturated rings. The molecule has 1 aromatic carbocycles. The first-order chi connectivity index (χ1) is 10.5. The lowest BCUT2D eigenvalue weighted by molar-refractivity contribution is -0.115. The van der Waals surface area contributed by atoms with Crippen molar-refractivity contribution in [1.29, 1.82) is 0 Å². The molecule has 0 aliphatic carbocycles. The summed E-state index contributed by atoms with van der Waals surface area (Å²) in [5, 5.41) is 12.3. The SMILES string of the molecule is CC(C)Cc1nnc(NC(=O)CCSc2ccc(F)cc2)s1. The van der Waals surface area contributed by atoms with Gasteiger partial charge in [-0.15, -0.1) is 22.0 Å². The highest BCUT2D eigenvalue weighted by Crippen LogP contribution is 2.21. The van der Waals surface area contributed by atoms with Gasteiger partial charge in [-0.05, 0) is 30.2 Å². The minimum Gasteiger partial charge on any atom is -0.301 e. The zero-order chi connectivity index (χ0) is 15.9. The van der Waals surface area contributed by atoms with Gasteiger partial charge >= 0.3 is 0 Å². The highest BCUT2D eigenvalue weighted by atomic mass is 32.2. The number of amides is 1. The summed E-state index contributed by atoms with van der Waals surface area (Å²) in [4.78, 5) is 12.8. The Morgan fingerprint density at radius 2 is 2.05 bits per heavy atom. The molecule has 0 saturated carbocycles. The van der Waals surface area contributed by atoms with E-state index in [0.29, 0.717) is 23.2 Å². The van der Waals surface area contributed by atoms with Gasteiger partial charge in [-0.25, -0.2) is 4.39 Å². The van der Waals surface area contributed by atoms with E-state index in [1.165, 1.54) is 35.2 Å². The number of carbonyl (C=O) groups excluding carboxylic acids is 1. The van der Waals surface area contributed by atoms with Gasteiger partial charge in [0.15, 0.2) is 0 Å². The quantitative estimate of drug-likeness (QED) is 0.775. The van der Waals surface area contributed by atoms with Gasteiger partial charge in [-0.3, -0.25) is 4.79 Å². The fraction of sp³-hybridized carbons (Fsp3) is 0.400. The summed E-state index contributed by atoms with van der Waals surface area (Å²) in [5.41, 5.74) is 0. The zero-order valence-corrected chi connectivity index (χ0v) is 14.1. The molecular formula is C15H18FN3OS2. The maximum atomic E-state index is 12.8. The summed E-state index contributed by atoms with van der Waals surface area (Å²) in [5.74, 6) is 0.816. The van der Waals surface area contributed by atoms with Crippen molar-refractivity contribution in [3.8, 4) is 0 Å². The van der Waals surface area contributed by atoms with Crippen LogP contribution in [0.3, 0.4) is 0 Å². The van der Waals surface area contributed by atoms with Crippen LogP contribution >= 0.6 is 23.1 Å². The molecule has 0 aliphatic heterocycles. The van der Waals surface area contributed by atoms with Crippen LogP contribution in [0.1, 0.15) is 25.3 Å². The number of halogens is 1. The van der Waals surface area contributed by atoms with E-state index in [1.54, 1.807) is 12.1 Å². The molecule has 118 valence electrons. The Balaban J connectivity index is 1.73. The topological polar surface area (TPSA) is 54.9 Å². The van der Waals surface area contributed by atoms with Crippen LogP contribution in [0.25, 0.3) is 0 Å². The Kier molecular flexibility index (Phi) is 6.33. The predicted molar refractivity (Wildman–Crippen MR) is 88.8 cm³/mol. The van der Waals surface area contributed by atoms with Crippen LogP contribution in [-0.2, 0) is 11.2 Å². The first-order valence-corrected chi connectivity index (χ1v) is 8.83. The third-order valence-corrected chi connectivity index (χ3v) is 4.58. The second-order valence-electron chi connectivity index (χ2n) is 5.20. The number of hydrogen-bond donors (Lipinski definition) is 1. The van der Waals surface area contributed by atoms with E-state index in [0.717, 1.165) is 16.3 Å². The van der Waals surface area contributed by atoms with Crippen LogP contribution in [0, 0.1) is 11.7 Å². The highest BCUT2D eigenvalue weighted by molar-refractivity contribution is 7.99. The molecule has 0 spiro atoms. The van der Waals surface area contributed by atoms with Crippen molar-refractivity contribution in [3.63, 3.8) is 0 Å². The molecule has 0 radical (unpaired) electrons. The molecule has 4 nitrogen and oxygen atoms in total. The molecule has 0 atom stereocenters. The summed E-state index contributed by atoms with van der Waals surface area (Å²) >= 11 is 2.94. The molecule has 1 amide bonds. The van der Waals surface area contributed by atoms with E-state index >= 15 is 0 Å². The number of nitrogens with zero attached hydrogens (tertiary/aromatic N) is 2. The van der Waals surface area contributed by atoms with E-state index in [9.17, 15) is 9.18 Å². The maximum Gasteiger partial charge on any atom is 0.227 e. The molecule has 7 heteroatoms. The standard InChI is InChI=1S/C15H18FN3OS2/c1-10(2)9-14-18-19-15(22-14)17-13(20)7-8-21-12-5-3-11(16)4-6-12/h3-6,10H,7-9H2,1-2H3,(H,17,19,20). The molecule has 1 N–H and O–H groups in total. The van der Waals surface area contributed by atoms with Gasteiger partial charge in [-0.1, -0.05) is 25.2 Å². The number of anilines is 1. The van der Waals surface area contributed by atoms with Crippen molar-refractivity contribution in [3.05, 3.63) is 35.1 Å². The summed E-state index contributed by atoms with van der Waals surface area (Å²) in [7, 11) is 0. The third kappa shape index (κ3) is 5.73. The summed E-state index contributed by atoms with van der Waals surface area (Å²) < 4.78 is 12.8. The number of benzene rings is 1. The van der Waals surface area contributed by atoms with Crippen LogP contribution < -0.4 is 5.32 Å². The lowest BCUT2D eigenvalue weighted by atomic mass is 10.1. The molecule has 1 aromatic heterocycles. The first kappa shape index (κ1) is 16.9. The average molecular weight is 339 g/mol. The summed E-state index contributed by atoms with van der Waals surface area (Å²) in [6, 6.07) is 6.25. The Hall–Kier alpha value is -1.47. The molecule has 0 aliphatic rings. The third-order valence-electron chi connectivity index (χ3n) is 2.71. The minimum absolute atomic E-state index is 0.0816. The Labute approximate surface area is 137 Å². The van der Waals surface area contributed by atoms with Gasteiger partial charge in [-0.2, -0.15) is 0 Å². The van der Waals surface area contributed by atoms with Crippen molar-refractivity contribution < 1.29 is 9.18 Å². The smallest absolute Gasteiger partial charge is 0.227 e. The number of hydrogen-bond acceptors (Lipinski definition) is 5. The van der Waals surface area contributed by atoms with Crippen molar-refractivity contribution in [1.82, 2.24) is 10.2 Å². The van der Waals surface area contributed by atoms with Crippen molar-refractivity contribution in [2.24, 2.45) is 5.92 Å². The Bertz CT molecular complexity index is 614. The van der Waals surface area contributed by atoms with Crippen LogP contribution in [0.5, 0.6) is 0 Å². The van der Waals surface area contributed by atoms with Gasteiger partial charge < -0.3 is 5.32 Å². The van der Waals surface area contributed by atoms with E-state index in [2.05, 4.69) is 29.4 Å². The van der Waals surface area contributed by atoms with Gasteiger partial charge in [0.2, 0.25) is 11.0 Å². The number of rotatable bonds is 7. The normalized spacial score (nSPS) is 10.9. The second-order valence-corrected chi connectivity index (χ2v) is 7.43. The van der Waals surface area contributed by atoms with Gasteiger partial charge in [0.1, 0.15) is 10.8 Å². The molecule has 2 rings (SSSR count). The lowest BCUT2D eigenvalue weighted by Gasteiger charge is -2.02. The number of carbonyl (C=O) groups is 1. The number of aromatic nitrogens is 2. The maximum absolute atomic E-state index is 12.8. The lowest BCUT2D eigenvalue weighted by Crippen LogP contribution is -2.11. The van der Waals surface area contributed by atoms with E-state index < -0.39 is 0 Å². The summed E-state index contributed by atoms with van der Waals surface area (Å²) in [6.45, 7) is 4.23. The zero-order valence-electron chi connectivity index (χ0n) is 12.5. The monoisotopic (exact) mass is 339 g/mol. The molecule has 0 bridgehead atoms. The fourth-order valence-corrected chi connectivity index (χ4v) is 3.53. The highest BCUT2D eigenvalue weighted by Gasteiger charge is 2.09. The molecule has 22 heavy (non-hydrogen) atoms. The van der Waals surface area contributed by atoms with Gasteiger partial charge in [0, 0.05) is 23.5 Å². The van der Waals surface area contributed by atoms with Crippen LogP contribution in [0.4, 0.5) is 9.52 Å².